The normalized spacial score (nSPS) is 22.0. The highest BCUT2D eigenvalue weighted by Gasteiger charge is 2.41. The molecule has 0 atom stereocenters. The van der Waals surface area contributed by atoms with Crippen LogP contribution in [0.15, 0.2) is 22.5 Å². The molecule has 2 heterocycles. The van der Waals surface area contributed by atoms with E-state index in [2.05, 4.69) is 38.0 Å². The lowest BCUT2D eigenvalue weighted by Gasteiger charge is -2.33. The van der Waals surface area contributed by atoms with Crippen LogP contribution in [-0.2, 0) is 0 Å². The van der Waals surface area contributed by atoms with Crippen molar-refractivity contribution in [2.75, 3.05) is 31.6 Å². The van der Waals surface area contributed by atoms with Crippen LogP contribution in [0.3, 0.4) is 0 Å². The summed E-state index contributed by atoms with van der Waals surface area (Å²) in [6.07, 6.45) is 8.19. The first-order valence-corrected chi connectivity index (χ1v) is 10.5. The second kappa shape index (κ2) is 8.93. The van der Waals surface area contributed by atoms with E-state index in [1.54, 1.807) is 0 Å². The van der Waals surface area contributed by atoms with Crippen molar-refractivity contribution in [1.82, 2.24) is 10.6 Å². The minimum atomic E-state index is 0. The molecule has 0 radical (unpaired) electrons. The summed E-state index contributed by atoms with van der Waals surface area (Å²) < 4.78 is 0. The lowest BCUT2D eigenvalue weighted by atomic mass is 9.98. The third-order valence-electron chi connectivity index (χ3n) is 5.84. The second-order valence-electron chi connectivity index (χ2n) is 7.65. The van der Waals surface area contributed by atoms with Gasteiger partial charge in [-0.05, 0) is 73.8 Å². The molecule has 3 aliphatic rings. The van der Waals surface area contributed by atoms with Gasteiger partial charge in [0.25, 0.3) is 0 Å². The topological polar surface area (TPSA) is 39.7 Å². The lowest BCUT2D eigenvalue weighted by molar-refractivity contribution is 0.396. The Labute approximate surface area is 172 Å². The highest BCUT2D eigenvalue weighted by molar-refractivity contribution is 14.0. The summed E-state index contributed by atoms with van der Waals surface area (Å²) >= 11 is 1.85. The molecule has 2 aliphatic carbocycles. The Balaban J connectivity index is 0.00000182. The van der Waals surface area contributed by atoms with Gasteiger partial charge >= 0.3 is 0 Å². The van der Waals surface area contributed by atoms with Gasteiger partial charge in [0.05, 0.1) is 5.00 Å². The summed E-state index contributed by atoms with van der Waals surface area (Å²) in [6.45, 7) is 3.40. The van der Waals surface area contributed by atoms with E-state index in [1.807, 2.05) is 18.4 Å². The minimum Gasteiger partial charge on any atom is -0.363 e. The molecule has 0 amide bonds. The molecule has 2 saturated carbocycles. The van der Waals surface area contributed by atoms with Crippen LogP contribution in [0.5, 0.6) is 0 Å². The van der Waals surface area contributed by atoms with E-state index >= 15 is 0 Å². The van der Waals surface area contributed by atoms with Crippen molar-refractivity contribution in [1.29, 1.82) is 0 Å². The van der Waals surface area contributed by atoms with Gasteiger partial charge in [-0.3, -0.25) is 4.99 Å². The van der Waals surface area contributed by atoms with Crippen molar-refractivity contribution >= 4 is 46.3 Å². The minimum absolute atomic E-state index is 0. The van der Waals surface area contributed by atoms with Crippen LogP contribution in [0, 0.1) is 17.8 Å². The number of aliphatic imine (C=N–C) groups is 1. The summed E-state index contributed by atoms with van der Waals surface area (Å²) in [5.74, 6) is 3.90. The molecular formula is C19H31IN4S. The second-order valence-corrected chi connectivity index (χ2v) is 8.57. The first-order valence-electron chi connectivity index (χ1n) is 9.59. The molecule has 2 N–H and O–H groups in total. The van der Waals surface area contributed by atoms with E-state index in [4.69, 9.17) is 0 Å². The quantitative estimate of drug-likeness (QED) is 0.373. The zero-order valence-corrected chi connectivity index (χ0v) is 18.3. The summed E-state index contributed by atoms with van der Waals surface area (Å²) in [5, 5.41) is 10.9. The number of rotatable bonds is 6. The van der Waals surface area contributed by atoms with Crippen LogP contribution in [0.1, 0.15) is 38.5 Å². The van der Waals surface area contributed by atoms with Crippen molar-refractivity contribution in [2.45, 2.75) is 44.6 Å². The van der Waals surface area contributed by atoms with Gasteiger partial charge < -0.3 is 15.5 Å². The molecule has 4 nitrogen and oxygen atoms in total. The van der Waals surface area contributed by atoms with E-state index in [-0.39, 0.29) is 24.0 Å². The van der Waals surface area contributed by atoms with E-state index in [9.17, 15) is 0 Å². The Kier molecular flexibility index (Phi) is 6.88. The monoisotopic (exact) mass is 474 g/mol. The smallest absolute Gasteiger partial charge is 0.191 e. The third-order valence-corrected chi connectivity index (χ3v) is 6.77. The molecule has 1 aromatic rings. The maximum absolute atomic E-state index is 4.47. The lowest BCUT2D eigenvalue weighted by Crippen LogP contribution is -2.49. The van der Waals surface area contributed by atoms with Gasteiger partial charge in [-0.1, -0.05) is 0 Å². The van der Waals surface area contributed by atoms with Gasteiger partial charge in [-0.25, -0.2) is 0 Å². The Morgan fingerprint density at radius 1 is 1.20 bits per heavy atom. The van der Waals surface area contributed by atoms with Gasteiger partial charge in [0.15, 0.2) is 5.96 Å². The van der Waals surface area contributed by atoms with Crippen molar-refractivity contribution in [3.8, 4) is 0 Å². The molecule has 1 aliphatic heterocycles. The fraction of sp³-hybridized carbons (Fsp3) is 0.737. The highest BCUT2D eigenvalue weighted by atomic mass is 127. The first-order chi connectivity index (χ1) is 11.8. The Hall–Kier alpha value is -0.500. The summed E-state index contributed by atoms with van der Waals surface area (Å²) in [5.41, 5.74) is 0. The van der Waals surface area contributed by atoms with E-state index in [1.165, 1.54) is 43.5 Å². The van der Waals surface area contributed by atoms with E-state index < -0.39 is 0 Å². The Morgan fingerprint density at radius 2 is 1.88 bits per heavy atom. The fourth-order valence-electron chi connectivity index (χ4n) is 4.06. The third kappa shape index (κ3) is 5.25. The average Bonchev–Trinajstić information content (AvgIpc) is 3.55. The fourth-order valence-corrected chi connectivity index (χ4v) is 4.85. The average molecular weight is 474 g/mol. The number of halogens is 1. The van der Waals surface area contributed by atoms with Gasteiger partial charge in [-0.15, -0.1) is 35.3 Å². The molecule has 0 bridgehead atoms. The van der Waals surface area contributed by atoms with Crippen LogP contribution >= 0.6 is 35.3 Å². The predicted molar refractivity (Wildman–Crippen MR) is 118 cm³/mol. The zero-order valence-electron chi connectivity index (χ0n) is 15.1. The molecule has 25 heavy (non-hydrogen) atoms. The predicted octanol–water partition coefficient (Wildman–Crippen LogP) is 3.94. The summed E-state index contributed by atoms with van der Waals surface area (Å²) in [7, 11) is 1.90. The zero-order chi connectivity index (χ0) is 16.4. The number of hydrogen-bond donors (Lipinski definition) is 2. The molecule has 1 saturated heterocycles. The van der Waals surface area contributed by atoms with Crippen molar-refractivity contribution < 1.29 is 0 Å². The van der Waals surface area contributed by atoms with Crippen LogP contribution in [0.2, 0.25) is 0 Å². The molecule has 140 valence electrons. The number of guanidine groups is 1. The summed E-state index contributed by atoms with van der Waals surface area (Å²) in [6, 6.07) is 4.92. The molecule has 4 rings (SSSR count). The largest absolute Gasteiger partial charge is 0.363 e. The van der Waals surface area contributed by atoms with Crippen LogP contribution in [-0.4, -0.2) is 38.7 Å². The molecule has 0 aromatic carbocycles. The van der Waals surface area contributed by atoms with Crippen LogP contribution in [0.4, 0.5) is 5.00 Å². The molecule has 1 aromatic heterocycles. The van der Waals surface area contributed by atoms with Gasteiger partial charge in [0.2, 0.25) is 0 Å². The molecule has 0 spiro atoms. The standard InChI is InChI=1S/C19H30N4S.HI/c1-20-19(21-13-17(14-4-5-14)15-6-7-15)22-16-8-10-23(11-9-16)18-3-2-12-24-18;/h2-3,12,14-17H,4-11,13H2,1H3,(H2,20,21,22);1H. The number of thiophene rings is 1. The maximum atomic E-state index is 4.47. The van der Waals surface area contributed by atoms with Gasteiger partial charge in [0, 0.05) is 32.7 Å². The van der Waals surface area contributed by atoms with Crippen molar-refractivity contribution in [2.24, 2.45) is 22.7 Å². The number of nitrogens with one attached hydrogen (secondary N) is 2. The maximum Gasteiger partial charge on any atom is 0.191 e. The highest BCUT2D eigenvalue weighted by Crippen LogP contribution is 2.48. The first kappa shape index (κ1) is 19.3. The van der Waals surface area contributed by atoms with E-state index in [0.29, 0.717) is 6.04 Å². The van der Waals surface area contributed by atoms with Gasteiger partial charge in [0.1, 0.15) is 0 Å². The van der Waals surface area contributed by atoms with Gasteiger partial charge in [-0.2, -0.15) is 0 Å². The van der Waals surface area contributed by atoms with E-state index in [0.717, 1.165) is 43.3 Å². The Morgan fingerprint density at radius 3 is 2.40 bits per heavy atom. The molecular weight excluding hydrogens is 443 g/mol. The van der Waals surface area contributed by atoms with Crippen molar-refractivity contribution in [3.63, 3.8) is 0 Å². The van der Waals surface area contributed by atoms with Crippen LogP contribution < -0.4 is 15.5 Å². The number of piperidine rings is 1. The molecule has 3 fully saturated rings. The van der Waals surface area contributed by atoms with Crippen LogP contribution in [0.25, 0.3) is 0 Å². The Bertz CT molecular complexity index is 534. The SMILES string of the molecule is CN=C(NCC(C1CC1)C1CC1)NC1CCN(c2cccs2)CC1.I. The van der Waals surface area contributed by atoms with Crippen molar-refractivity contribution in [3.05, 3.63) is 17.5 Å². The number of hydrogen-bond acceptors (Lipinski definition) is 3. The number of anilines is 1. The molecule has 0 unspecified atom stereocenters. The number of nitrogens with zero attached hydrogens (tertiary/aromatic N) is 2. The molecule has 6 heteroatoms. The summed E-state index contributed by atoms with van der Waals surface area (Å²) in [4.78, 5) is 6.97.